The molecule has 0 fully saturated rings. The maximum Gasteiger partial charge on any atom is 0.119 e. The third-order valence-corrected chi connectivity index (χ3v) is 4.33. The molecule has 1 atom stereocenters. The summed E-state index contributed by atoms with van der Waals surface area (Å²) in [4.78, 5) is 0. The van der Waals surface area contributed by atoms with E-state index in [1.807, 2.05) is 44.2 Å². The lowest BCUT2D eigenvalue weighted by atomic mass is 10.2. The second-order valence-corrected chi connectivity index (χ2v) is 6.44. The first-order valence-electron chi connectivity index (χ1n) is 5.70. The number of hydrogen-bond donors (Lipinski definition) is 0. The van der Waals surface area contributed by atoms with Crippen molar-refractivity contribution in [1.82, 2.24) is 0 Å². The van der Waals surface area contributed by atoms with Gasteiger partial charge in [0.05, 0.1) is 21.6 Å². The normalized spacial score (nSPS) is 13.7. The summed E-state index contributed by atoms with van der Waals surface area (Å²) in [5, 5.41) is 8.74. The van der Waals surface area contributed by atoms with Crippen LogP contribution in [0.5, 0.6) is 0 Å². The van der Waals surface area contributed by atoms with Gasteiger partial charge in [0, 0.05) is 6.54 Å². The smallest absolute Gasteiger partial charge is 0.119 e. The average Bonchev–Trinajstić information content (AvgIpc) is 2.27. The van der Waals surface area contributed by atoms with E-state index in [4.69, 9.17) is 5.26 Å². The molecule has 0 aromatic heterocycles. The molecule has 0 bridgehead atoms. The number of benzene rings is 1. The molecule has 0 saturated carbocycles. The van der Waals surface area contributed by atoms with Crippen molar-refractivity contribution in [2.75, 3.05) is 12.3 Å². The van der Waals surface area contributed by atoms with E-state index in [0.717, 1.165) is 17.5 Å². The van der Waals surface area contributed by atoms with E-state index in [9.17, 15) is 4.21 Å². The van der Waals surface area contributed by atoms with E-state index in [1.54, 1.807) is 0 Å². The number of nitrogens with zero attached hydrogens (tertiary/aromatic N) is 2. The predicted molar refractivity (Wildman–Crippen MR) is 71.1 cm³/mol. The van der Waals surface area contributed by atoms with Crippen LogP contribution in [0.1, 0.15) is 24.5 Å². The summed E-state index contributed by atoms with van der Waals surface area (Å²) in [6.45, 7) is 4.55. The lowest BCUT2D eigenvalue weighted by Crippen LogP contribution is -2.09. The molecule has 17 heavy (non-hydrogen) atoms. The van der Waals surface area contributed by atoms with Gasteiger partial charge in [-0.3, -0.25) is 0 Å². The van der Waals surface area contributed by atoms with Crippen LogP contribution in [0.2, 0.25) is 0 Å². The van der Waals surface area contributed by atoms with Crippen LogP contribution in [0, 0.1) is 18.3 Å². The molecule has 0 saturated heterocycles. The van der Waals surface area contributed by atoms with Gasteiger partial charge in [-0.1, -0.05) is 36.8 Å². The fourth-order valence-corrected chi connectivity index (χ4v) is 3.27. The van der Waals surface area contributed by atoms with Gasteiger partial charge in [0.25, 0.3) is 0 Å². The maximum absolute atomic E-state index is 12.4. The highest BCUT2D eigenvalue weighted by Gasteiger charge is 2.09. The van der Waals surface area contributed by atoms with Crippen LogP contribution in [0.4, 0.5) is 0 Å². The molecule has 0 amide bonds. The minimum absolute atomic E-state index is 0.0148. The molecular formula is C13H18N2OS. The van der Waals surface area contributed by atoms with Crippen molar-refractivity contribution in [2.24, 2.45) is 4.36 Å². The zero-order valence-corrected chi connectivity index (χ0v) is 11.2. The van der Waals surface area contributed by atoms with Crippen LogP contribution >= 0.6 is 0 Å². The topological polar surface area (TPSA) is 53.2 Å². The van der Waals surface area contributed by atoms with Crippen LogP contribution in [0.3, 0.4) is 0 Å². The summed E-state index contributed by atoms with van der Waals surface area (Å²) in [7, 11) is -2.41. The molecule has 0 heterocycles. The van der Waals surface area contributed by atoms with Gasteiger partial charge in [-0.2, -0.15) is 5.26 Å². The molecule has 1 unspecified atom stereocenters. The standard InChI is InChI=1S/C13H18N2OS/c1-3-8-15-17(16,9-7-14)11-13-6-4-5-12(2)10-13/h4-6,10H,3,8-9,11H2,1-2H3. The highest BCUT2D eigenvalue weighted by Crippen LogP contribution is 2.11. The molecule has 0 spiro atoms. The Morgan fingerprint density at radius 2 is 2.24 bits per heavy atom. The Labute approximate surface area is 104 Å². The van der Waals surface area contributed by atoms with Gasteiger partial charge in [-0.15, -0.1) is 0 Å². The van der Waals surface area contributed by atoms with Crippen LogP contribution in [0.15, 0.2) is 28.6 Å². The highest BCUT2D eigenvalue weighted by molar-refractivity contribution is 7.93. The lowest BCUT2D eigenvalue weighted by Gasteiger charge is -2.07. The highest BCUT2D eigenvalue weighted by atomic mass is 32.2. The third-order valence-electron chi connectivity index (χ3n) is 2.31. The van der Waals surface area contributed by atoms with Gasteiger partial charge >= 0.3 is 0 Å². The second kappa shape index (κ2) is 6.41. The molecule has 1 rings (SSSR count). The summed E-state index contributed by atoms with van der Waals surface area (Å²) in [5.41, 5.74) is 2.13. The van der Waals surface area contributed by atoms with Crippen molar-refractivity contribution in [3.05, 3.63) is 35.4 Å². The Kier molecular flexibility index (Phi) is 5.17. The van der Waals surface area contributed by atoms with E-state index in [1.165, 1.54) is 0 Å². The number of nitriles is 1. The zero-order chi connectivity index (χ0) is 12.7. The summed E-state index contributed by atoms with van der Waals surface area (Å²) in [6, 6.07) is 9.86. The molecule has 0 N–H and O–H groups in total. The molecule has 1 aromatic carbocycles. The Morgan fingerprint density at radius 3 is 2.82 bits per heavy atom. The summed E-state index contributed by atoms with van der Waals surface area (Å²) in [5.74, 6) is 0.392. The minimum Gasteiger partial charge on any atom is -0.248 e. The molecule has 0 aliphatic carbocycles. The van der Waals surface area contributed by atoms with Gasteiger partial charge in [0.2, 0.25) is 0 Å². The number of rotatable bonds is 5. The van der Waals surface area contributed by atoms with Gasteiger partial charge in [0.1, 0.15) is 5.75 Å². The van der Waals surface area contributed by atoms with Crippen molar-refractivity contribution in [3.8, 4) is 6.07 Å². The van der Waals surface area contributed by atoms with Crippen molar-refractivity contribution in [1.29, 1.82) is 5.26 Å². The van der Waals surface area contributed by atoms with Crippen molar-refractivity contribution in [2.45, 2.75) is 26.0 Å². The van der Waals surface area contributed by atoms with Crippen molar-refractivity contribution >= 4 is 9.73 Å². The SMILES string of the molecule is CCCN=S(=O)(CC#N)Cc1cccc(C)c1. The van der Waals surface area contributed by atoms with Gasteiger partial charge in [-0.05, 0) is 18.9 Å². The largest absolute Gasteiger partial charge is 0.248 e. The van der Waals surface area contributed by atoms with E-state index < -0.39 is 9.73 Å². The van der Waals surface area contributed by atoms with E-state index in [-0.39, 0.29) is 5.75 Å². The summed E-state index contributed by atoms with van der Waals surface area (Å²) >= 11 is 0. The molecule has 92 valence electrons. The first-order chi connectivity index (χ1) is 8.09. The van der Waals surface area contributed by atoms with Crippen LogP contribution in [-0.4, -0.2) is 16.5 Å². The Morgan fingerprint density at radius 1 is 1.47 bits per heavy atom. The molecule has 0 aliphatic rings. The number of hydrogen-bond acceptors (Lipinski definition) is 3. The van der Waals surface area contributed by atoms with Gasteiger partial charge in [0.15, 0.2) is 0 Å². The van der Waals surface area contributed by atoms with Crippen LogP contribution < -0.4 is 0 Å². The van der Waals surface area contributed by atoms with E-state index in [0.29, 0.717) is 12.3 Å². The number of aryl methyl sites for hydroxylation is 1. The summed E-state index contributed by atoms with van der Waals surface area (Å²) < 4.78 is 16.6. The van der Waals surface area contributed by atoms with E-state index >= 15 is 0 Å². The van der Waals surface area contributed by atoms with Crippen LogP contribution in [-0.2, 0) is 15.5 Å². The Hall–Kier alpha value is -1.34. The maximum atomic E-state index is 12.4. The first kappa shape index (κ1) is 13.7. The molecule has 0 radical (unpaired) electrons. The second-order valence-electron chi connectivity index (χ2n) is 4.06. The quantitative estimate of drug-likeness (QED) is 0.806. The van der Waals surface area contributed by atoms with Gasteiger partial charge < -0.3 is 0 Å². The minimum atomic E-state index is -2.41. The molecule has 1 aromatic rings. The molecular weight excluding hydrogens is 232 g/mol. The first-order valence-corrected chi connectivity index (χ1v) is 7.56. The van der Waals surface area contributed by atoms with Gasteiger partial charge in [-0.25, -0.2) is 8.57 Å². The zero-order valence-electron chi connectivity index (χ0n) is 10.3. The average molecular weight is 250 g/mol. The van der Waals surface area contributed by atoms with Crippen molar-refractivity contribution in [3.63, 3.8) is 0 Å². The predicted octanol–water partition coefficient (Wildman–Crippen LogP) is 2.90. The molecule has 4 heteroatoms. The Balaban J connectivity index is 2.96. The Bertz CT molecular complexity index is 522. The molecule has 3 nitrogen and oxygen atoms in total. The summed E-state index contributed by atoms with van der Waals surface area (Å²) in [6.07, 6.45) is 0.857. The fourth-order valence-electron chi connectivity index (χ4n) is 1.56. The van der Waals surface area contributed by atoms with Crippen LogP contribution in [0.25, 0.3) is 0 Å². The lowest BCUT2D eigenvalue weighted by molar-refractivity contribution is 0.675. The fraction of sp³-hybridized carbons (Fsp3) is 0.462. The monoisotopic (exact) mass is 250 g/mol. The third kappa shape index (κ3) is 4.58. The van der Waals surface area contributed by atoms with E-state index in [2.05, 4.69) is 4.36 Å². The van der Waals surface area contributed by atoms with Crippen molar-refractivity contribution < 1.29 is 4.21 Å². The molecule has 0 aliphatic heterocycles.